The number of Topliss-reactive ketones (excluding diaryl/α,β-unsaturated/α-hetero) is 1. The number of halogens is 1. The summed E-state index contributed by atoms with van der Waals surface area (Å²) >= 11 is 3.30. The second-order valence-electron chi connectivity index (χ2n) is 2.72. The number of hydrogen-bond donors (Lipinski definition) is 1. The highest BCUT2D eigenvalue weighted by atomic mass is 79.9. The average Bonchev–Trinajstić information content (AvgIpc) is 1.94. The molecule has 12 heavy (non-hydrogen) atoms. The van der Waals surface area contributed by atoms with Crippen molar-refractivity contribution in [3.63, 3.8) is 0 Å². The minimum atomic E-state index is 0.129. The van der Waals surface area contributed by atoms with Crippen molar-refractivity contribution in [3.05, 3.63) is 28.2 Å². The lowest BCUT2D eigenvalue weighted by molar-refractivity contribution is -0.116. The van der Waals surface area contributed by atoms with Crippen LogP contribution in [0.25, 0.3) is 0 Å². The lowest BCUT2D eigenvalue weighted by atomic mass is 10.1. The summed E-state index contributed by atoms with van der Waals surface area (Å²) in [6.07, 6.45) is 0.416. The number of hydrogen-bond acceptors (Lipinski definition) is 2. The Hall–Kier alpha value is -0.830. The third-order valence-electron chi connectivity index (χ3n) is 1.55. The van der Waals surface area contributed by atoms with Gasteiger partial charge in [0.15, 0.2) is 0 Å². The predicted molar refractivity (Wildman–Crippen MR) is 52.9 cm³/mol. The van der Waals surface area contributed by atoms with Crippen molar-refractivity contribution in [2.75, 3.05) is 5.73 Å². The summed E-state index contributed by atoms with van der Waals surface area (Å²) in [6, 6.07) is 5.55. The Bertz CT molecular complexity index is 309. The van der Waals surface area contributed by atoms with Crippen LogP contribution in [0.15, 0.2) is 22.7 Å². The second kappa shape index (κ2) is 3.72. The number of carbonyl (C=O) groups excluding carboxylic acids is 1. The third kappa shape index (κ3) is 2.34. The van der Waals surface area contributed by atoms with Gasteiger partial charge in [0, 0.05) is 16.6 Å². The molecular formula is C9H10BrNO. The molecule has 64 valence electrons. The molecule has 0 bridgehead atoms. The van der Waals surface area contributed by atoms with Gasteiger partial charge in [-0.3, -0.25) is 4.79 Å². The average molecular weight is 228 g/mol. The van der Waals surface area contributed by atoms with Gasteiger partial charge in [0.2, 0.25) is 0 Å². The molecule has 0 heterocycles. The van der Waals surface area contributed by atoms with Crippen LogP contribution in [0.3, 0.4) is 0 Å². The summed E-state index contributed by atoms with van der Waals surface area (Å²) in [7, 11) is 0. The molecule has 0 radical (unpaired) electrons. The molecule has 1 rings (SSSR count). The van der Waals surface area contributed by atoms with Crippen LogP contribution >= 0.6 is 15.9 Å². The molecule has 0 aliphatic rings. The molecule has 0 saturated heterocycles. The van der Waals surface area contributed by atoms with E-state index in [1.165, 1.54) is 0 Å². The standard InChI is InChI=1S/C9H10BrNO/c1-6(12)4-7-2-3-8(10)5-9(7)11/h2-3,5H,4,11H2,1H3. The first kappa shape index (κ1) is 9.26. The summed E-state index contributed by atoms with van der Waals surface area (Å²) in [4.78, 5) is 10.8. The Morgan fingerprint density at radius 1 is 1.58 bits per heavy atom. The van der Waals surface area contributed by atoms with Crippen LogP contribution in [-0.4, -0.2) is 5.78 Å². The van der Waals surface area contributed by atoms with Crippen molar-refractivity contribution >= 4 is 27.4 Å². The van der Waals surface area contributed by atoms with Gasteiger partial charge < -0.3 is 5.73 Å². The predicted octanol–water partition coefficient (Wildman–Crippen LogP) is 2.16. The highest BCUT2D eigenvalue weighted by Crippen LogP contribution is 2.18. The van der Waals surface area contributed by atoms with Gasteiger partial charge in [-0.15, -0.1) is 0 Å². The maximum atomic E-state index is 10.8. The van der Waals surface area contributed by atoms with Crippen LogP contribution in [0.1, 0.15) is 12.5 Å². The summed E-state index contributed by atoms with van der Waals surface area (Å²) in [5.41, 5.74) is 7.25. The van der Waals surface area contributed by atoms with Crippen LogP contribution in [0, 0.1) is 0 Å². The molecule has 0 saturated carbocycles. The first-order valence-corrected chi connectivity index (χ1v) is 4.42. The Morgan fingerprint density at radius 2 is 2.25 bits per heavy atom. The fourth-order valence-electron chi connectivity index (χ4n) is 0.995. The molecule has 0 aliphatic carbocycles. The third-order valence-corrected chi connectivity index (χ3v) is 2.04. The minimum Gasteiger partial charge on any atom is -0.398 e. The van der Waals surface area contributed by atoms with Crippen molar-refractivity contribution in [2.24, 2.45) is 0 Å². The van der Waals surface area contributed by atoms with E-state index < -0.39 is 0 Å². The second-order valence-corrected chi connectivity index (χ2v) is 3.64. The van der Waals surface area contributed by atoms with E-state index in [9.17, 15) is 4.79 Å². The van der Waals surface area contributed by atoms with Gasteiger partial charge >= 0.3 is 0 Å². The van der Waals surface area contributed by atoms with E-state index in [1.54, 1.807) is 13.0 Å². The molecule has 0 unspecified atom stereocenters. The molecule has 1 aromatic carbocycles. The number of rotatable bonds is 2. The van der Waals surface area contributed by atoms with Crippen LogP contribution in [0.4, 0.5) is 5.69 Å². The topological polar surface area (TPSA) is 43.1 Å². The van der Waals surface area contributed by atoms with E-state index >= 15 is 0 Å². The summed E-state index contributed by atoms with van der Waals surface area (Å²) < 4.78 is 0.937. The monoisotopic (exact) mass is 227 g/mol. The number of nitrogens with two attached hydrogens (primary N) is 1. The van der Waals surface area contributed by atoms with Gasteiger partial charge in [0.05, 0.1) is 0 Å². The molecule has 0 fully saturated rings. The van der Waals surface area contributed by atoms with Crippen LogP contribution in [-0.2, 0) is 11.2 Å². The van der Waals surface area contributed by atoms with Gasteiger partial charge in [0.1, 0.15) is 5.78 Å². The maximum absolute atomic E-state index is 10.8. The molecule has 2 nitrogen and oxygen atoms in total. The van der Waals surface area contributed by atoms with Crippen molar-refractivity contribution in [1.82, 2.24) is 0 Å². The first-order chi connectivity index (χ1) is 5.59. The smallest absolute Gasteiger partial charge is 0.134 e. The Labute approximate surface area is 79.9 Å². The zero-order valence-corrected chi connectivity index (χ0v) is 8.39. The first-order valence-electron chi connectivity index (χ1n) is 3.63. The fraction of sp³-hybridized carbons (Fsp3) is 0.222. The zero-order chi connectivity index (χ0) is 9.14. The molecule has 0 atom stereocenters. The lowest BCUT2D eigenvalue weighted by Gasteiger charge is -2.02. The van der Waals surface area contributed by atoms with E-state index in [1.807, 2.05) is 12.1 Å². The van der Waals surface area contributed by atoms with Crippen molar-refractivity contribution in [1.29, 1.82) is 0 Å². The lowest BCUT2D eigenvalue weighted by Crippen LogP contribution is -2.00. The van der Waals surface area contributed by atoms with Gasteiger partial charge in [-0.2, -0.15) is 0 Å². The zero-order valence-electron chi connectivity index (χ0n) is 6.80. The Morgan fingerprint density at radius 3 is 2.75 bits per heavy atom. The molecule has 2 N–H and O–H groups in total. The number of nitrogen functional groups attached to an aromatic ring is 1. The Kier molecular flexibility index (Phi) is 2.87. The van der Waals surface area contributed by atoms with E-state index in [-0.39, 0.29) is 5.78 Å². The van der Waals surface area contributed by atoms with Crippen LogP contribution in [0.2, 0.25) is 0 Å². The highest BCUT2D eigenvalue weighted by molar-refractivity contribution is 9.10. The number of benzene rings is 1. The molecule has 1 aromatic rings. The molecular weight excluding hydrogens is 218 g/mol. The van der Waals surface area contributed by atoms with Gasteiger partial charge in [-0.05, 0) is 24.6 Å². The highest BCUT2D eigenvalue weighted by Gasteiger charge is 2.01. The summed E-state index contributed by atoms with van der Waals surface area (Å²) in [5, 5.41) is 0. The van der Waals surface area contributed by atoms with E-state index in [2.05, 4.69) is 15.9 Å². The van der Waals surface area contributed by atoms with Crippen molar-refractivity contribution < 1.29 is 4.79 Å². The van der Waals surface area contributed by atoms with E-state index in [4.69, 9.17) is 5.73 Å². The minimum absolute atomic E-state index is 0.129. The maximum Gasteiger partial charge on any atom is 0.134 e. The van der Waals surface area contributed by atoms with Crippen LogP contribution < -0.4 is 5.73 Å². The van der Waals surface area contributed by atoms with Crippen LogP contribution in [0.5, 0.6) is 0 Å². The van der Waals surface area contributed by atoms with E-state index in [0.717, 1.165) is 10.0 Å². The molecule has 0 amide bonds. The SMILES string of the molecule is CC(=O)Cc1ccc(Br)cc1N. The normalized spacial score (nSPS) is 9.83. The largest absolute Gasteiger partial charge is 0.398 e. The summed E-state index contributed by atoms with van der Waals surface area (Å²) in [6.45, 7) is 1.56. The number of ketones is 1. The number of anilines is 1. The quantitative estimate of drug-likeness (QED) is 0.788. The molecule has 0 aliphatic heterocycles. The van der Waals surface area contributed by atoms with Gasteiger partial charge in [-0.25, -0.2) is 0 Å². The van der Waals surface area contributed by atoms with Gasteiger partial charge in [-0.1, -0.05) is 22.0 Å². The Balaban J connectivity index is 2.93. The number of carbonyl (C=O) groups is 1. The van der Waals surface area contributed by atoms with Gasteiger partial charge in [0.25, 0.3) is 0 Å². The summed E-state index contributed by atoms with van der Waals surface area (Å²) in [5.74, 6) is 0.129. The molecule has 0 aromatic heterocycles. The van der Waals surface area contributed by atoms with Crippen molar-refractivity contribution in [3.8, 4) is 0 Å². The van der Waals surface area contributed by atoms with Crippen molar-refractivity contribution in [2.45, 2.75) is 13.3 Å². The van der Waals surface area contributed by atoms with E-state index in [0.29, 0.717) is 12.1 Å². The molecule has 0 spiro atoms. The molecule has 3 heteroatoms. The fourth-order valence-corrected chi connectivity index (χ4v) is 1.37.